The van der Waals surface area contributed by atoms with Crippen molar-refractivity contribution >= 4 is 23.5 Å². The molecule has 2 heterocycles. The maximum absolute atomic E-state index is 12.3. The van der Waals surface area contributed by atoms with Crippen LogP contribution in [0.15, 0.2) is 11.4 Å². The fourth-order valence-corrected chi connectivity index (χ4v) is 2.75. The van der Waals surface area contributed by atoms with Gasteiger partial charge in [0.15, 0.2) is 11.0 Å². The molecule has 2 rings (SSSR count). The topological polar surface area (TPSA) is 81.9 Å². The van der Waals surface area contributed by atoms with Gasteiger partial charge in [0.2, 0.25) is 5.91 Å². The van der Waals surface area contributed by atoms with Crippen molar-refractivity contribution < 1.29 is 4.79 Å². The Balaban J connectivity index is 2.13. The molecule has 1 aliphatic rings. The molecule has 0 saturated carbocycles. The van der Waals surface area contributed by atoms with Crippen molar-refractivity contribution in [3.05, 3.63) is 11.8 Å². The van der Waals surface area contributed by atoms with Crippen LogP contribution in [0.2, 0.25) is 0 Å². The van der Waals surface area contributed by atoms with E-state index in [1.54, 1.807) is 6.20 Å². The lowest BCUT2D eigenvalue weighted by Crippen LogP contribution is -2.44. The van der Waals surface area contributed by atoms with Gasteiger partial charge < -0.3 is 10.2 Å². The average Bonchev–Trinajstić information content (AvgIpc) is 2.94. The minimum atomic E-state index is -0.233. The number of nitriles is 1. The Hall–Kier alpha value is -1.81. The van der Waals surface area contributed by atoms with Crippen molar-refractivity contribution in [2.24, 2.45) is 5.92 Å². The lowest BCUT2D eigenvalue weighted by Gasteiger charge is -2.23. The molecule has 1 saturated heterocycles. The zero-order valence-electron chi connectivity index (χ0n) is 13.4. The third kappa shape index (κ3) is 3.89. The number of hydrogen-bond acceptors (Lipinski definition) is 6. The highest BCUT2D eigenvalue weighted by atomic mass is 32.2. The SMILES string of the molecule is CSc1ncc(C#N)c(N2CCC(C(=O)NC(C)(C)C)C2)n1. The monoisotopic (exact) mass is 319 g/mol. The summed E-state index contributed by atoms with van der Waals surface area (Å²) in [6, 6.07) is 2.13. The first-order valence-electron chi connectivity index (χ1n) is 7.22. The first-order valence-corrected chi connectivity index (χ1v) is 8.44. The van der Waals surface area contributed by atoms with E-state index >= 15 is 0 Å². The van der Waals surface area contributed by atoms with Crippen molar-refractivity contribution in [3.8, 4) is 6.07 Å². The van der Waals surface area contributed by atoms with Gasteiger partial charge in [-0.15, -0.1) is 0 Å². The van der Waals surface area contributed by atoms with E-state index in [4.69, 9.17) is 0 Å². The Kier molecular flexibility index (Phi) is 4.91. The predicted octanol–water partition coefficient (Wildman–Crippen LogP) is 1.81. The summed E-state index contributed by atoms with van der Waals surface area (Å²) in [5.74, 6) is 0.624. The van der Waals surface area contributed by atoms with Gasteiger partial charge in [-0.3, -0.25) is 4.79 Å². The van der Waals surface area contributed by atoms with Gasteiger partial charge in [0.05, 0.1) is 12.1 Å². The molecule has 0 bridgehead atoms. The maximum atomic E-state index is 12.3. The van der Waals surface area contributed by atoms with E-state index in [9.17, 15) is 10.1 Å². The van der Waals surface area contributed by atoms with E-state index in [-0.39, 0.29) is 17.4 Å². The molecule has 1 aliphatic heterocycles. The summed E-state index contributed by atoms with van der Waals surface area (Å²) in [5, 5.41) is 12.9. The number of carbonyl (C=O) groups excluding carboxylic acids is 1. The molecule has 1 aromatic heterocycles. The fraction of sp³-hybridized carbons (Fsp3) is 0.600. The van der Waals surface area contributed by atoms with E-state index < -0.39 is 0 Å². The predicted molar refractivity (Wildman–Crippen MR) is 86.7 cm³/mol. The number of rotatable bonds is 3. The molecule has 1 atom stereocenters. The highest BCUT2D eigenvalue weighted by molar-refractivity contribution is 7.98. The summed E-state index contributed by atoms with van der Waals surface area (Å²) in [7, 11) is 0. The van der Waals surface area contributed by atoms with Gasteiger partial charge in [-0.05, 0) is 33.4 Å². The molecule has 0 spiro atoms. The number of thioether (sulfide) groups is 1. The van der Waals surface area contributed by atoms with Crippen LogP contribution >= 0.6 is 11.8 Å². The summed E-state index contributed by atoms with van der Waals surface area (Å²) in [4.78, 5) is 22.8. The Morgan fingerprint density at radius 1 is 1.55 bits per heavy atom. The molecule has 6 nitrogen and oxygen atoms in total. The van der Waals surface area contributed by atoms with Gasteiger partial charge in [-0.25, -0.2) is 9.97 Å². The Labute approximate surface area is 135 Å². The van der Waals surface area contributed by atoms with Gasteiger partial charge in [-0.1, -0.05) is 11.8 Å². The highest BCUT2D eigenvalue weighted by Crippen LogP contribution is 2.26. The summed E-state index contributed by atoms with van der Waals surface area (Å²) in [6.45, 7) is 7.23. The number of anilines is 1. The molecule has 0 aliphatic carbocycles. The zero-order chi connectivity index (χ0) is 16.3. The highest BCUT2D eigenvalue weighted by Gasteiger charge is 2.32. The zero-order valence-corrected chi connectivity index (χ0v) is 14.2. The van der Waals surface area contributed by atoms with Crippen LogP contribution in [0.4, 0.5) is 5.82 Å². The van der Waals surface area contributed by atoms with Crippen LogP contribution in [0.3, 0.4) is 0 Å². The third-order valence-corrected chi connectivity index (χ3v) is 3.97. The van der Waals surface area contributed by atoms with Crippen molar-refractivity contribution in [2.45, 2.75) is 37.9 Å². The van der Waals surface area contributed by atoms with Gasteiger partial charge >= 0.3 is 0 Å². The quantitative estimate of drug-likeness (QED) is 0.676. The van der Waals surface area contributed by atoms with Gasteiger partial charge in [0.25, 0.3) is 0 Å². The molecule has 0 radical (unpaired) electrons. The van der Waals surface area contributed by atoms with Crippen molar-refractivity contribution in [1.82, 2.24) is 15.3 Å². The normalized spacial score (nSPS) is 18.1. The smallest absolute Gasteiger partial charge is 0.225 e. The minimum absolute atomic E-state index is 0.0626. The first kappa shape index (κ1) is 16.6. The van der Waals surface area contributed by atoms with Crippen LogP contribution in [0.1, 0.15) is 32.8 Å². The number of aromatic nitrogens is 2. The van der Waals surface area contributed by atoms with Gasteiger partial charge in [-0.2, -0.15) is 5.26 Å². The van der Waals surface area contributed by atoms with Crippen LogP contribution in [-0.4, -0.2) is 40.8 Å². The molecule has 22 heavy (non-hydrogen) atoms. The lowest BCUT2D eigenvalue weighted by molar-refractivity contribution is -0.125. The number of amides is 1. The van der Waals surface area contributed by atoms with E-state index in [1.807, 2.05) is 31.9 Å². The molecule has 7 heteroatoms. The molecule has 1 unspecified atom stereocenters. The van der Waals surface area contributed by atoms with Crippen LogP contribution < -0.4 is 10.2 Å². The summed E-state index contributed by atoms with van der Waals surface area (Å²) < 4.78 is 0. The maximum Gasteiger partial charge on any atom is 0.225 e. The van der Waals surface area contributed by atoms with E-state index in [0.717, 1.165) is 13.0 Å². The summed E-state index contributed by atoms with van der Waals surface area (Å²) in [6.07, 6.45) is 4.22. The van der Waals surface area contributed by atoms with Crippen molar-refractivity contribution in [1.29, 1.82) is 5.26 Å². The molecule has 0 aromatic carbocycles. The van der Waals surface area contributed by atoms with Crippen LogP contribution in [0.25, 0.3) is 0 Å². The average molecular weight is 319 g/mol. The van der Waals surface area contributed by atoms with E-state index in [2.05, 4.69) is 21.4 Å². The Morgan fingerprint density at radius 2 is 2.27 bits per heavy atom. The van der Waals surface area contributed by atoms with Gasteiger partial charge in [0.1, 0.15) is 11.6 Å². The van der Waals surface area contributed by atoms with Crippen molar-refractivity contribution in [3.63, 3.8) is 0 Å². The molecule has 1 amide bonds. The minimum Gasteiger partial charge on any atom is -0.355 e. The molecular formula is C15H21N5OS. The van der Waals surface area contributed by atoms with Crippen LogP contribution in [0, 0.1) is 17.2 Å². The Morgan fingerprint density at radius 3 is 2.86 bits per heavy atom. The number of nitrogens with one attached hydrogen (secondary N) is 1. The van der Waals surface area contributed by atoms with Crippen LogP contribution in [0.5, 0.6) is 0 Å². The van der Waals surface area contributed by atoms with E-state index in [0.29, 0.717) is 23.1 Å². The molecule has 1 aromatic rings. The fourth-order valence-electron chi connectivity index (χ4n) is 2.41. The second-order valence-corrected chi connectivity index (χ2v) is 7.15. The molecule has 1 fully saturated rings. The first-order chi connectivity index (χ1) is 10.3. The van der Waals surface area contributed by atoms with Crippen LogP contribution in [-0.2, 0) is 4.79 Å². The number of carbonyl (C=O) groups is 1. The lowest BCUT2D eigenvalue weighted by atomic mass is 10.0. The Bertz CT molecular complexity index is 605. The van der Waals surface area contributed by atoms with Crippen molar-refractivity contribution in [2.75, 3.05) is 24.2 Å². The second kappa shape index (κ2) is 6.53. The largest absolute Gasteiger partial charge is 0.355 e. The van der Waals surface area contributed by atoms with E-state index in [1.165, 1.54) is 11.8 Å². The number of nitrogens with zero attached hydrogens (tertiary/aromatic N) is 4. The molecule has 1 N–H and O–H groups in total. The third-order valence-electron chi connectivity index (χ3n) is 3.41. The molecular weight excluding hydrogens is 298 g/mol. The molecule has 118 valence electrons. The summed E-state index contributed by atoms with van der Waals surface area (Å²) in [5.41, 5.74) is 0.221. The summed E-state index contributed by atoms with van der Waals surface area (Å²) >= 11 is 1.44. The van der Waals surface area contributed by atoms with Gasteiger partial charge in [0, 0.05) is 18.6 Å². The standard InChI is InChI=1S/C15H21N5OS/c1-15(2,3)19-13(21)10-5-6-20(9-10)12-11(7-16)8-17-14(18-12)22-4/h8,10H,5-6,9H2,1-4H3,(H,19,21). The number of hydrogen-bond donors (Lipinski definition) is 1. The second-order valence-electron chi connectivity index (χ2n) is 6.38.